The van der Waals surface area contributed by atoms with Crippen molar-refractivity contribution in [3.05, 3.63) is 82.5 Å². The molecule has 3 unspecified atom stereocenters. The van der Waals surface area contributed by atoms with Gasteiger partial charge in [0.25, 0.3) is 0 Å². The summed E-state index contributed by atoms with van der Waals surface area (Å²) in [5.41, 5.74) is 11.5. The van der Waals surface area contributed by atoms with Gasteiger partial charge in [0, 0.05) is 0 Å². The average Bonchev–Trinajstić information content (AvgIpc) is 3.23. The maximum absolute atomic E-state index is 2.63. The first kappa shape index (κ1) is 28.3. The molecule has 0 spiro atoms. The summed E-state index contributed by atoms with van der Waals surface area (Å²) >= 11 is -2.19. The zero-order valence-electron chi connectivity index (χ0n) is 25.8. The predicted molar refractivity (Wildman–Crippen MR) is 164 cm³/mol. The molecule has 0 saturated carbocycles. The first-order valence-corrected chi connectivity index (χ1v) is 22.1. The van der Waals surface area contributed by atoms with E-state index in [0.29, 0.717) is 5.92 Å². The van der Waals surface area contributed by atoms with E-state index in [0.717, 1.165) is 10.0 Å². The summed E-state index contributed by atoms with van der Waals surface area (Å²) in [6, 6.07) is 15.0. The minimum atomic E-state index is -2.19. The molecule has 0 bridgehead atoms. The van der Waals surface area contributed by atoms with Crippen molar-refractivity contribution >= 4 is 0 Å². The normalized spacial score (nSPS) is 24.2. The third kappa shape index (κ3) is 4.82. The first-order chi connectivity index (χ1) is 17.9. The van der Waals surface area contributed by atoms with Crippen LogP contribution in [-0.4, -0.2) is 0 Å². The molecule has 1 heteroatoms. The summed E-state index contributed by atoms with van der Waals surface area (Å²) in [5, 5.41) is 0. The molecule has 0 amide bonds. The van der Waals surface area contributed by atoms with E-state index in [2.05, 4.69) is 117 Å². The molecule has 1 heterocycles. The van der Waals surface area contributed by atoms with Gasteiger partial charge in [0.15, 0.2) is 0 Å². The number of hydrogen-bond donors (Lipinski definition) is 0. The maximum atomic E-state index is 2.63. The number of fused-ring (bicyclic) bond motifs is 3. The van der Waals surface area contributed by atoms with Gasteiger partial charge in [-0.25, -0.2) is 0 Å². The van der Waals surface area contributed by atoms with Gasteiger partial charge in [-0.2, -0.15) is 0 Å². The molecule has 3 aliphatic rings. The van der Waals surface area contributed by atoms with Crippen molar-refractivity contribution in [2.45, 2.75) is 121 Å². The van der Waals surface area contributed by atoms with Crippen LogP contribution in [-0.2, 0) is 31.1 Å². The van der Waals surface area contributed by atoms with Crippen LogP contribution in [0.3, 0.4) is 0 Å². The van der Waals surface area contributed by atoms with Crippen LogP contribution in [0.1, 0.15) is 116 Å². The fraction of sp³-hybridized carbons (Fsp3) is 0.568. The summed E-state index contributed by atoms with van der Waals surface area (Å²) < 4.78 is 5.81. The van der Waals surface area contributed by atoms with E-state index in [9.17, 15) is 0 Å². The van der Waals surface area contributed by atoms with Gasteiger partial charge in [0.1, 0.15) is 0 Å². The van der Waals surface area contributed by atoms with Crippen LogP contribution in [0, 0.1) is 5.41 Å². The summed E-state index contributed by atoms with van der Waals surface area (Å²) in [7, 11) is 0. The molecule has 2 aliphatic carbocycles. The Bertz CT molecular complexity index is 1200. The van der Waals surface area contributed by atoms with Gasteiger partial charge in [0.05, 0.1) is 0 Å². The summed E-state index contributed by atoms with van der Waals surface area (Å²) in [5.74, 6) is 0.469. The second-order valence-electron chi connectivity index (χ2n) is 15.1. The van der Waals surface area contributed by atoms with Gasteiger partial charge in [-0.05, 0) is 0 Å². The fourth-order valence-corrected chi connectivity index (χ4v) is 25.6. The molecule has 0 nitrogen and oxygen atoms in total. The van der Waals surface area contributed by atoms with Gasteiger partial charge in [0.2, 0.25) is 0 Å². The number of benzene rings is 2. The van der Waals surface area contributed by atoms with E-state index >= 15 is 0 Å². The van der Waals surface area contributed by atoms with Gasteiger partial charge in [-0.15, -0.1) is 0 Å². The predicted octanol–water partition coefficient (Wildman–Crippen LogP) is 11.7. The quantitative estimate of drug-likeness (QED) is 0.288. The van der Waals surface area contributed by atoms with Crippen LogP contribution in [0.15, 0.2) is 60.2 Å². The van der Waals surface area contributed by atoms with Crippen molar-refractivity contribution in [2.75, 3.05) is 0 Å². The van der Waals surface area contributed by atoms with Crippen molar-refractivity contribution in [1.29, 1.82) is 0 Å². The molecule has 0 aromatic heterocycles. The monoisotopic (exact) mass is 586 g/mol. The van der Waals surface area contributed by atoms with Gasteiger partial charge in [-0.1, -0.05) is 0 Å². The Labute approximate surface area is 238 Å². The van der Waals surface area contributed by atoms with E-state index in [1.807, 2.05) is 0 Å². The van der Waals surface area contributed by atoms with Gasteiger partial charge < -0.3 is 0 Å². The molecule has 3 atom stereocenters. The zero-order chi connectivity index (χ0) is 27.5. The van der Waals surface area contributed by atoms with E-state index in [4.69, 9.17) is 0 Å². The second kappa shape index (κ2) is 10.0. The first-order valence-electron chi connectivity index (χ1n) is 15.5. The molecule has 0 N–H and O–H groups in total. The summed E-state index contributed by atoms with van der Waals surface area (Å²) in [4.78, 5) is 0. The van der Waals surface area contributed by atoms with Crippen molar-refractivity contribution in [2.24, 2.45) is 5.41 Å². The van der Waals surface area contributed by atoms with Crippen LogP contribution in [0.4, 0.5) is 0 Å². The van der Waals surface area contributed by atoms with Crippen molar-refractivity contribution in [3.8, 4) is 11.1 Å². The Morgan fingerprint density at radius 3 is 1.79 bits per heavy atom. The van der Waals surface area contributed by atoms with Crippen molar-refractivity contribution in [3.63, 3.8) is 0 Å². The molecule has 5 rings (SSSR count). The van der Waals surface area contributed by atoms with Crippen LogP contribution in [0.25, 0.3) is 11.1 Å². The topological polar surface area (TPSA) is 0 Å². The molecule has 0 radical (unpaired) electrons. The van der Waals surface area contributed by atoms with Crippen LogP contribution >= 0.6 is 0 Å². The molecule has 2 aromatic rings. The summed E-state index contributed by atoms with van der Waals surface area (Å²) in [6.07, 6.45) is 12.5. The van der Waals surface area contributed by atoms with E-state index in [1.54, 1.807) is 25.0 Å². The molecule has 1 saturated heterocycles. The second-order valence-corrected chi connectivity index (χ2v) is 27.3. The van der Waals surface area contributed by atoms with Crippen LogP contribution in [0.5, 0.6) is 0 Å². The number of rotatable bonds is 8. The minimum absolute atomic E-state index is 0.153. The van der Waals surface area contributed by atoms with E-state index in [-0.39, 0.29) is 16.2 Å². The fourth-order valence-electron chi connectivity index (χ4n) is 7.95. The molecular weight excluding hydrogens is 536 g/mol. The van der Waals surface area contributed by atoms with Crippen molar-refractivity contribution < 1.29 is 20.3 Å². The Morgan fingerprint density at radius 2 is 1.39 bits per heavy atom. The molecule has 204 valence electrons. The molecule has 1 aliphatic heterocycles. The SMILES string of the molecule is CCC[CH2][Zr]1([CH2]C(CC)(C2=CC=CC2)C2c3cc(C(C)(C)C)ccc3-c3ccc(C(C)(C)C)cc32)[CH2][CH]1C. The molecule has 1 fully saturated rings. The average molecular weight is 588 g/mol. The van der Waals surface area contributed by atoms with Crippen LogP contribution in [0.2, 0.25) is 16.0 Å². The number of hydrogen-bond acceptors (Lipinski definition) is 0. The Kier molecular flexibility index (Phi) is 7.47. The molecule has 2 aromatic carbocycles. The Hall–Kier alpha value is -1.20. The molecule has 38 heavy (non-hydrogen) atoms. The third-order valence-corrected chi connectivity index (χ3v) is 25.1. The summed E-state index contributed by atoms with van der Waals surface area (Å²) in [6.45, 7) is 21.8. The number of unbranched alkanes of at least 4 members (excludes halogenated alkanes) is 1. The Balaban J connectivity index is 1.76. The van der Waals surface area contributed by atoms with Crippen molar-refractivity contribution in [1.82, 2.24) is 0 Å². The van der Waals surface area contributed by atoms with E-state index in [1.165, 1.54) is 45.6 Å². The Morgan fingerprint density at radius 1 is 0.842 bits per heavy atom. The van der Waals surface area contributed by atoms with E-state index < -0.39 is 20.3 Å². The van der Waals surface area contributed by atoms with Gasteiger partial charge >= 0.3 is 240 Å². The zero-order valence-corrected chi connectivity index (χ0v) is 28.3. The standard InChI is InChI=1S/C30H37.C4H9.C3H6.Zr/c1-9-30(8,20-12-10-11-13-20)27-25-18-21(28(2,3)4)14-16-23(25)24-17-15-22(19-26(24)27)29(5,6)7;1-3-4-2;1-3-2;/h10-12,14-19,27H,8-9,13H2,1-7H3;1,3-4H2,2H3;3H,1H2,2H3;. The third-order valence-electron chi connectivity index (χ3n) is 10.6. The van der Waals surface area contributed by atoms with Crippen LogP contribution < -0.4 is 0 Å². The van der Waals surface area contributed by atoms with Gasteiger partial charge in [-0.3, -0.25) is 0 Å². The number of allylic oxidation sites excluding steroid dienone is 4. The molecular formula is C37H52Zr.